The topological polar surface area (TPSA) is 100 Å². The van der Waals surface area contributed by atoms with Crippen molar-refractivity contribution in [2.24, 2.45) is 0 Å². The first kappa shape index (κ1) is 18.0. The number of carbonyl (C=O) groups excluding carboxylic acids is 3. The third-order valence-electron chi connectivity index (χ3n) is 2.03. The monoisotopic (exact) mass is 291 g/mol. The van der Waals surface area contributed by atoms with Crippen molar-refractivity contribution >= 4 is 18.2 Å². The maximum Gasteiger partial charge on any atom is 0.509 e. The molecule has 0 aromatic heterocycles. The zero-order chi connectivity index (χ0) is 15.5. The molecule has 0 rings (SSSR count). The molecule has 0 aromatic rings. The van der Waals surface area contributed by atoms with Crippen LogP contribution in [-0.4, -0.2) is 50.2 Å². The van der Waals surface area contributed by atoms with Crippen LogP contribution < -0.4 is 5.32 Å². The van der Waals surface area contributed by atoms with Crippen LogP contribution in [0.15, 0.2) is 0 Å². The molecule has 8 heteroatoms. The summed E-state index contributed by atoms with van der Waals surface area (Å²) in [7, 11) is 0. The van der Waals surface area contributed by atoms with Gasteiger partial charge in [-0.3, -0.25) is 4.79 Å². The van der Waals surface area contributed by atoms with Gasteiger partial charge in [0.15, 0.2) is 6.10 Å². The summed E-state index contributed by atoms with van der Waals surface area (Å²) in [6.07, 6.45) is -3.27. The Morgan fingerprint density at radius 1 is 0.950 bits per heavy atom. The molecule has 1 amide bonds. The molecule has 0 spiro atoms. The molecule has 0 aliphatic heterocycles. The molecule has 0 aliphatic rings. The van der Waals surface area contributed by atoms with Gasteiger partial charge in [-0.15, -0.1) is 0 Å². The second-order valence-corrected chi connectivity index (χ2v) is 3.80. The Morgan fingerprint density at radius 2 is 1.45 bits per heavy atom. The molecule has 8 nitrogen and oxygen atoms in total. The van der Waals surface area contributed by atoms with Crippen LogP contribution in [0.2, 0.25) is 0 Å². The zero-order valence-corrected chi connectivity index (χ0v) is 12.1. The van der Waals surface area contributed by atoms with Crippen molar-refractivity contribution in [1.82, 2.24) is 5.32 Å². The first-order chi connectivity index (χ1) is 9.40. The van der Waals surface area contributed by atoms with Gasteiger partial charge in [0, 0.05) is 0 Å². The highest BCUT2D eigenvalue weighted by molar-refractivity contribution is 5.82. The SMILES string of the molecule is CCOC(=O)OC(C)CNC(=O)C(C)OC(=O)OCC. The lowest BCUT2D eigenvalue weighted by atomic mass is 10.3. The average Bonchev–Trinajstić information content (AvgIpc) is 2.36. The van der Waals surface area contributed by atoms with Gasteiger partial charge in [0.25, 0.3) is 5.91 Å². The summed E-state index contributed by atoms with van der Waals surface area (Å²) in [6.45, 7) is 6.73. The van der Waals surface area contributed by atoms with E-state index in [4.69, 9.17) is 9.47 Å². The van der Waals surface area contributed by atoms with E-state index in [1.165, 1.54) is 6.92 Å². The molecule has 116 valence electrons. The van der Waals surface area contributed by atoms with Gasteiger partial charge in [-0.2, -0.15) is 0 Å². The van der Waals surface area contributed by atoms with Gasteiger partial charge in [-0.1, -0.05) is 0 Å². The first-order valence-corrected chi connectivity index (χ1v) is 6.35. The second-order valence-electron chi connectivity index (χ2n) is 3.80. The van der Waals surface area contributed by atoms with Crippen molar-refractivity contribution in [3.63, 3.8) is 0 Å². The lowest BCUT2D eigenvalue weighted by Gasteiger charge is -2.16. The molecule has 0 radical (unpaired) electrons. The Hall–Kier alpha value is -1.99. The fourth-order valence-electron chi connectivity index (χ4n) is 1.10. The van der Waals surface area contributed by atoms with Crippen molar-refractivity contribution in [2.75, 3.05) is 19.8 Å². The molecule has 0 saturated heterocycles. The average molecular weight is 291 g/mol. The number of nitrogens with one attached hydrogen (secondary N) is 1. The number of ether oxygens (including phenoxy) is 4. The smallest absolute Gasteiger partial charge is 0.435 e. The lowest BCUT2D eigenvalue weighted by molar-refractivity contribution is -0.130. The molecular weight excluding hydrogens is 270 g/mol. The van der Waals surface area contributed by atoms with Crippen LogP contribution in [-0.2, 0) is 23.7 Å². The summed E-state index contributed by atoms with van der Waals surface area (Å²) in [5, 5.41) is 2.47. The van der Waals surface area contributed by atoms with Crippen LogP contribution in [0, 0.1) is 0 Å². The molecule has 2 atom stereocenters. The normalized spacial score (nSPS) is 12.8. The van der Waals surface area contributed by atoms with Gasteiger partial charge in [0.05, 0.1) is 19.8 Å². The Balaban J connectivity index is 3.96. The van der Waals surface area contributed by atoms with Crippen molar-refractivity contribution < 1.29 is 33.3 Å². The first-order valence-electron chi connectivity index (χ1n) is 6.35. The highest BCUT2D eigenvalue weighted by Crippen LogP contribution is 1.97. The highest BCUT2D eigenvalue weighted by atomic mass is 16.7. The predicted molar refractivity (Wildman–Crippen MR) is 68.1 cm³/mol. The molecule has 0 aliphatic carbocycles. The van der Waals surface area contributed by atoms with Crippen LogP contribution >= 0.6 is 0 Å². The third-order valence-corrected chi connectivity index (χ3v) is 2.03. The Kier molecular flexibility index (Phi) is 8.89. The lowest BCUT2D eigenvalue weighted by Crippen LogP contribution is -2.40. The summed E-state index contributed by atoms with van der Waals surface area (Å²) in [5.41, 5.74) is 0. The molecular formula is C12H21NO7. The molecule has 1 N–H and O–H groups in total. The summed E-state index contributed by atoms with van der Waals surface area (Å²) in [4.78, 5) is 33.6. The number of hydrogen-bond acceptors (Lipinski definition) is 7. The van der Waals surface area contributed by atoms with Crippen LogP contribution in [0.25, 0.3) is 0 Å². The van der Waals surface area contributed by atoms with E-state index < -0.39 is 30.4 Å². The highest BCUT2D eigenvalue weighted by Gasteiger charge is 2.19. The van der Waals surface area contributed by atoms with E-state index in [0.717, 1.165) is 0 Å². The maximum atomic E-state index is 11.6. The second kappa shape index (κ2) is 9.88. The van der Waals surface area contributed by atoms with E-state index in [2.05, 4.69) is 14.8 Å². The van der Waals surface area contributed by atoms with Gasteiger partial charge in [0.1, 0.15) is 6.10 Å². The number of rotatable bonds is 7. The van der Waals surface area contributed by atoms with Crippen molar-refractivity contribution in [2.45, 2.75) is 39.9 Å². The van der Waals surface area contributed by atoms with Crippen LogP contribution in [0.5, 0.6) is 0 Å². The zero-order valence-electron chi connectivity index (χ0n) is 12.1. The molecule has 0 heterocycles. The van der Waals surface area contributed by atoms with Crippen LogP contribution in [0.1, 0.15) is 27.7 Å². The van der Waals surface area contributed by atoms with Crippen molar-refractivity contribution in [3.8, 4) is 0 Å². The summed E-state index contributed by atoms with van der Waals surface area (Å²) >= 11 is 0. The quantitative estimate of drug-likeness (QED) is 0.704. The van der Waals surface area contributed by atoms with Gasteiger partial charge in [-0.25, -0.2) is 9.59 Å². The summed E-state index contributed by atoms with van der Waals surface area (Å²) in [5.74, 6) is -0.516. The number of carbonyl (C=O) groups is 3. The molecule has 20 heavy (non-hydrogen) atoms. The van der Waals surface area contributed by atoms with E-state index in [9.17, 15) is 14.4 Å². The maximum absolute atomic E-state index is 11.6. The summed E-state index contributed by atoms with van der Waals surface area (Å²) < 4.78 is 18.7. The largest absolute Gasteiger partial charge is 0.509 e. The predicted octanol–water partition coefficient (Wildman–Crippen LogP) is 1.23. The fourth-order valence-corrected chi connectivity index (χ4v) is 1.10. The molecule has 2 unspecified atom stereocenters. The van der Waals surface area contributed by atoms with Gasteiger partial charge >= 0.3 is 12.3 Å². The van der Waals surface area contributed by atoms with Crippen molar-refractivity contribution in [1.29, 1.82) is 0 Å². The van der Waals surface area contributed by atoms with E-state index in [-0.39, 0.29) is 19.8 Å². The van der Waals surface area contributed by atoms with E-state index >= 15 is 0 Å². The summed E-state index contributed by atoms with van der Waals surface area (Å²) in [6, 6.07) is 0. The number of hydrogen-bond donors (Lipinski definition) is 1. The van der Waals surface area contributed by atoms with E-state index in [0.29, 0.717) is 0 Å². The van der Waals surface area contributed by atoms with Crippen LogP contribution in [0.4, 0.5) is 9.59 Å². The Bertz CT molecular complexity index is 332. The standard InChI is InChI=1S/C12H21NO7/c1-5-17-11(15)19-8(3)7-13-10(14)9(4)20-12(16)18-6-2/h8-9H,5-7H2,1-4H3,(H,13,14). The molecule has 0 fully saturated rings. The number of amides is 1. The third kappa shape index (κ3) is 8.17. The van der Waals surface area contributed by atoms with Gasteiger partial charge < -0.3 is 24.3 Å². The molecule has 0 saturated carbocycles. The Labute approximate surface area is 117 Å². The van der Waals surface area contributed by atoms with Crippen LogP contribution in [0.3, 0.4) is 0 Å². The molecule has 0 aromatic carbocycles. The minimum absolute atomic E-state index is 0.0776. The molecule has 0 bridgehead atoms. The van der Waals surface area contributed by atoms with E-state index in [1.807, 2.05) is 0 Å². The van der Waals surface area contributed by atoms with Crippen molar-refractivity contribution in [3.05, 3.63) is 0 Å². The van der Waals surface area contributed by atoms with E-state index in [1.54, 1.807) is 20.8 Å². The minimum atomic E-state index is -0.996. The fraction of sp³-hybridized carbons (Fsp3) is 0.750. The van der Waals surface area contributed by atoms with Gasteiger partial charge in [0.2, 0.25) is 0 Å². The Morgan fingerprint density at radius 3 is 1.95 bits per heavy atom. The minimum Gasteiger partial charge on any atom is -0.435 e. The van der Waals surface area contributed by atoms with Gasteiger partial charge in [-0.05, 0) is 27.7 Å².